The van der Waals surface area contributed by atoms with E-state index in [-0.39, 0.29) is 17.8 Å². The number of halogens is 1. The second-order valence-electron chi connectivity index (χ2n) is 8.51. The zero-order valence-corrected chi connectivity index (χ0v) is 18.2. The molecule has 1 saturated heterocycles. The molecule has 0 unspecified atom stereocenters. The highest BCUT2D eigenvalue weighted by Crippen LogP contribution is 2.27. The van der Waals surface area contributed by atoms with Gasteiger partial charge in [-0.25, -0.2) is 4.39 Å². The van der Waals surface area contributed by atoms with Crippen molar-refractivity contribution >= 4 is 11.6 Å². The van der Waals surface area contributed by atoms with Gasteiger partial charge in [-0.2, -0.15) is 0 Å². The summed E-state index contributed by atoms with van der Waals surface area (Å²) >= 11 is 0. The van der Waals surface area contributed by atoms with Crippen LogP contribution < -0.4 is 4.90 Å². The lowest BCUT2D eigenvalue weighted by Gasteiger charge is -2.38. The van der Waals surface area contributed by atoms with Gasteiger partial charge in [-0.05, 0) is 68.7 Å². The number of hydrogen-bond donors (Lipinski definition) is 0. The number of anilines is 1. The van der Waals surface area contributed by atoms with Crippen molar-refractivity contribution in [2.75, 3.05) is 18.0 Å². The second-order valence-corrected chi connectivity index (χ2v) is 8.51. The fourth-order valence-electron chi connectivity index (χ4n) is 4.22. The van der Waals surface area contributed by atoms with Gasteiger partial charge in [-0.1, -0.05) is 47.5 Å². The topological polar surface area (TPSA) is 23.6 Å². The SMILES string of the molecule is Cc1ccc(CN2CCC(N(C(=O)c3ccc(F)cc3)c3ccc(C)cc3)CC2)cc1. The maximum Gasteiger partial charge on any atom is 0.258 e. The van der Waals surface area contributed by atoms with Gasteiger partial charge in [0.1, 0.15) is 5.82 Å². The van der Waals surface area contributed by atoms with E-state index in [0.717, 1.165) is 43.7 Å². The van der Waals surface area contributed by atoms with Crippen LogP contribution in [0.15, 0.2) is 72.8 Å². The van der Waals surface area contributed by atoms with Gasteiger partial charge in [0, 0.05) is 36.9 Å². The summed E-state index contributed by atoms with van der Waals surface area (Å²) in [6.45, 7) is 6.96. The zero-order valence-electron chi connectivity index (χ0n) is 18.2. The Morgan fingerprint density at radius 2 is 1.42 bits per heavy atom. The molecule has 1 aliphatic rings. The van der Waals surface area contributed by atoms with Crippen molar-refractivity contribution in [3.05, 3.63) is 101 Å². The number of nitrogens with zero attached hydrogens (tertiary/aromatic N) is 2. The van der Waals surface area contributed by atoms with Crippen molar-refractivity contribution in [2.45, 2.75) is 39.3 Å². The van der Waals surface area contributed by atoms with Crippen molar-refractivity contribution < 1.29 is 9.18 Å². The van der Waals surface area contributed by atoms with Crippen LogP contribution in [0.3, 0.4) is 0 Å². The highest BCUT2D eigenvalue weighted by molar-refractivity contribution is 6.06. The molecular weight excluding hydrogens is 387 g/mol. The van der Waals surface area contributed by atoms with Crippen molar-refractivity contribution in [1.29, 1.82) is 0 Å². The van der Waals surface area contributed by atoms with Crippen LogP contribution in [-0.2, 0) is 6.54 Å². The Balaban J connectivity index is 1.50. The highest BCUT2D eigenvalue weighted by Gasteiger charge is 2.30. The Labute approximate surface area is 184 Å². The van der Waals surface area contributed by atoms with Crippen LogP contribution in [0.1, 0.15) is 39.9 Å². The summed E-state index contributed by atoms with van der Waals surface area (Å²) in [5, 5.41) is 0. The summed E-state index contributed by atoms with van der Waals surface area (Å²) in [4.78, 5) is 17.8. The molecule has 3 aromatic carbocycles. The average molecular weight is 417 g/mol. The molecule has 4 heteroatoms. The first-order valence-corrected chi connectivity index (χ1v) is 10.9. The van der Waals surface area contributed by atoms with E-state index in [2.05, 4.69) is 36.1 Å². The molecule has 0 N–H and O–H groups in total. The maximum absolute atomic E-state index is 13.4. The molecule has 0 saturated carbocycles. The first-order valence-electron chi connectivity index (χ1n) is 10.9. The molecule has 3 aromatic rings. The third kappa shape index (κ3) is 5.20. The summed E-state index contributed by atoms with van der Waals surface area (Å²) in [5.74, 6) is -0.399. The molecule has 0 bridgehead atoms. The van der Waals surface area contributed by atoms with Gasteiger partial charge < -0.3 is 4.90 Å². The predicted molar refractivity (Wildman–Crippen MR) is 124 cm³/mol. The van der Waals surface area contributed by atoms with E-state index in [1.165, 1.54) is 23.3 Å². The van der Waals surface area contributed by atoms with Crippen LogP contribution in [-0.4, -0.2) is 29.9 Å². The minimum absolute atomic E-state index is 0.0687. The van der Waals surface area contributed by atoms with E-state index >= 15 is 0 Å². The maximum atomic E-state index is 13.4. The molecule has 1 heterocycles. The molecule has 4 rings (SSSR count). The number of amides is 1. The number of piperidine rings is 1. The van der Waals surface area contributed by atoms with Gasteiger partial charge in [0.15, 0.2) is 0 Å². The fourth-order valence-corrected chi connectivity index (χ4v) is 4.22. The molecule has 3 nitrogen and oxygen atoms in total. The Bertz CT molecular complexity index is 1000. The van der Waals surface area contributed by atoms with Crippen molar-refractivity contribution in [1.82, 2.24) is 4.90 Å². The first kappa shape index (κ1) is 21.3. The van der Waals surface area contributed by atoms with Crippen molar-refractivity contribution in [3.8, 4) is 0 Å². The average Bonchev–Trinajstić information content (AvgIpc) is 2.78. The van der Waals surface area contributed by atoms with E-state index in [0.29, 0.717) is 5.56 Å². The minimum Gasteiger partial charge on any atom is -0.305 e. The summed E-state index contributed by atoms with van der Waals surface area (Å²) in [6, 6.07) is 22.8. The molecule has 0 atom stereocenters. The number of likely N-dealkylation sites (tertiary alicyclic amines) is 1. The van der Waals surface area contributed by atoms with Crippen LogP contribution in [0.4, 0.5) is 10.1 Å². The molecule has 0 aliphatic carbocycles. The monoisotopic (exact) mass is 416 g/mol. The first-order chi connectivity index (χ1) is 15.0. The Morgan fingerprint density at radius 1 is 0.871 bits per heavy atom. The predicted octanol–water partition coefficient (Wildman–Crippen LogP) is 5.75. The van der Waals surface area contributed by atoms with E-state index < -0.39 is 0 Å². The van der Waals surface area contributed by atoms with Crippen LogP contribution in [0.25, 0.3) is 0 Å². The minimum atomic E-state index is -0.331. The molecule has 0 spiro atoms. The lowest BCUT2D eigenvalue weighted by atomic mass is 9.99. The number of benzene rings is 3. The largest absolute Gasteiger partial charge is 0.305 e. The molecule has 0 radical (unpaired) electrons. The molecule has 1 amide bonds. The number of carbonyl (C=O) groups excluding carboxylic acids is 1. The molecule has 31 heavy (non-hydrogen) atoms. The Hall–Kier alpha value is -2.98. The Morgan fingerprint density at radius 3 is 2.00 bits per heavy atom. The van der Waals surface area contributed by atoms with E-state index in [1.807, 2.05) is 36.1 Å². The van der Waals surface area contributed by atoms with Crippen LogP contribution in [0.2, 0.25) is 0 Å². The van der Waals surface area contributed by atoms with Gasteiger partial charge in [0.25, 0.3) is 5.91 Å². The van der Waals surface area contributed by atoms with E-state index in [9.17, 15) is 9.18 Å². The number of aryl methyl sites for hydroxylation is 2. The standard InChI is InChI=1S/C27H29FN2O/c1-20-3-7-22(8-4-20)19-29-17-15-26(16-18-29)30(25-13-5-21(2)6-14-25)27(31)23-9-11-24(28)12-10-23/h3-14,26H,15-19H2,1-2H3. The zero-order chi connectivity index (χ0) is 21.8. The number of rotatable bonds is 5. The Kier molecular flexibility index (Phi) is 6.47. The summed E-state index contributed by atoms with van der Waals surface area (Å²) in [7, 11) is 0. The molecule has 0 aromatic heterocycles. The van der Waals surface area contributed by atoms with Gasteiger partial charge in [-0.3, -0.25) is 9.69 Å². The number of hydrogen-bond acceptors (Lipinski definition) is 2. The van der Waals surface area contributed by atoms with Crippen LogP contribution >= 0.6 is 0 Å². The normalized spacial score (nSPS) is 15.1. The third-order valence-electron chi connectivity index (χ3n) is 6.07. The van der Waals surface area contributed by atoms with E-state index in [1.54, 1.807) is 12.1 Å². The summed E-state index contributed by atoms with van der Waals surface area (Å²) < 4.78 is 13.4. The van der Waals surface area contributed by atoms with Gasteiger partial charge >= 0.3 is 0 Å². The second kappa shape index (κ2) is 9.44. The summed E-state index contributed by atoms with van der Waals surface area (Å²) in [6.07, 6.45) is 1.82. The lowest BCUT2D eigenvalue weighted by molar-refractivity contribution is 0.0958. The van der Waals surface area contributed by atoms with Gasteiger partial charge in [0.05, 0.1) is 0 Å². The van der Waals surface area contributed by atoms with E-state index in [4.69, 9.17) is 0 Å². The van der Waals surface area contributed by atoms with Crippen LogP contribution in [0.5, 0.6) is 0 Å². The quantitative estimate of drug-likeness (QED) is 0.528. The van der Waals surface area contributed by atoms with Gasteiger partial charge in [0.2, 0.25) is 0 Å². The van der Waals surface area contributed by atoms with Crippen LogP contribution in [0, 0.1) is 19.7 Å². The van der Waals surface area contributed by atoms with Gasteiger partial charge in [-0.15, -0.1) is 0 Å². The van der Waals surface area contributed by atoms with Crippen molar-refractivity contribution in [3.63, 3.8) is 0 Å². The summed E-state index contributed by atoms with van der Waals surface area (Å²) in [5.41, 5.74) is 5.17. The molecule has 1 aliphatic heterocycles. The lowest BCUT2D eigenvalue weighted by Crippen LogP contribution is -2.47. The fraction of sp³-hybridized carbons (Fsp3) is 0.296. The smallest absolute Gasteiger partial charge is 0.258 e. The van der Waals surface area contributed by atoms with Crippen molar-refractivity contribution in [2.24, 2.45) is 0 Å². The molecular formula is C27H29FN2O. The molecule has 1 fully saturated rings. The highest BCUT2D eigenvalue weighted by atomic mass is 19.1. The molecule has 160 valence electrons. The number of carbonyl (C=O) groups is 1. The third-order valence-corrected chi connectivity index (χ3v) is 6.07.